The number of hydrogen-bond donors (Lipinski definition) is 4. The van der Waals surface area contributed by atoms with Gasteiger partial charge < -0.3 is 5.11 Å². The van der Waals surface area contributed by atoms with Crippen molar-refractivity contribution in [2.75, 3.05) is 5.75 Å². The van der Waals surface area contributed by atoms with Gasteiger partial charge in [-0.3, -0.25) is 4.79 Å². The number of nitrogens with zero attached hydrogens (tertiary/aromatic N) is 1. The van der Waals surface area contributed by atoms with Crippen molar-refractivity contribution in [3.63, 3.8) is 0 Å². The lowest BCUT2D eigenvalue weighted by Gasteiger charge is -2.35. The Morgan fingerprint density at radius 1 is 1.17 bits per heavy atom. The Hall–Kier alpha value is 0.140. The molecule has 0 radical (unpaired) electrons. The number of hydrazine groups is 3. The second kappa shape index (κ2) is 8.49. The first-order chi connectivity index (χ1) is 11.1. The van der Waals surface area contributed by atoms with Crippen LogP contribution in [0.2, 0.25) is 0 Å². The summed E-state index contributed by atoms with van der Waals surface area (Å²) in [4.78, 5) is 11.8. The zero-order chi connectivity index (χ0) is 16.2. The Morgan fingerprint density at radius 2 is 1.91 bits per heavy atom. The van der Waals surface area contributed by atoms with Crippen molar-refractivity contribution in [3.8, 4) is 0 Å². The summed E-state index contributed by atoms with van der Waals surface area (Å²) in [6.45, 7) is 0. The van der Waals surface area contributed by atoms with Gasteiger partial charge in [0.1, 0.15) is 5.50 Å². The molecular formula is C15H27BrN4O2S. The highest BCUT2D eigenvalue weighted by atomic mass is 79.9. The number of carboxylic acid groups (broad SMARTS) is 1. The SMILES string of the molecule is O=C(O)C1CCC(N2NNNC2SCC2CCCCC2Br)CC1. The van der Waals surface area contributed by atoms with Crippen LogP contribution in [0.1, 0.15) is 51.4 Å². The minimum Gasteiger partial charge on any atom is -0.481 e. The van der Waals surface area contributed by atoms with Crippen molar-refractivity contribution < 1.29 is 9.90 Å². The third-order valence-electron chi connectivity index (χ3n) is 5.36. The Kier molecular flexibility index (Phi) is 6.62. The Labute approximate surface area is 150 Å². The lowest BCUT2D eigenvalue weighted by molar-refractivity contribution is -0.143. The summed E-state index contributed by atoms with van der Waals surface area (Å²) in [5, 5.41) is 11.4. The van der Waals surface area contributed by atoms with E-state index >= 15 is 0 Å². The highest BCUT2D eigenvalue weighted by Crippen LogP contribution is 2.35. The molecule has 132 valence electrons. The lowest BCUT2D eigenvalue weighted by atomic mass is 9.86. The van der Waals surface area contributed by atoms with Crippen LogP contribution in [0.15, 0.2) is 0 Å². The molecule has 1 aliphatic heterocycles. The predicted octanol–water partition coefficient (Wildman–Crippen LogP) is 2.43. The molecule has 3 atom stereocenters. The van der Waals surface area contributed by atoms with Gasteiger partial charge in [0, 0.05) is 16.6 Å². The van der Waals surface area contributed by atoms with E-state index < -0.39 is 5.97 Å². The number of halogens is 1. The summed E-state index contributed by atoms with van der Waals surface area (Å²) < 4.78 is 0. The Morgan fingerprint density at radius 3 is 2.61 bits per heavy atom. The number of rotatable bonds is 5. The second-order valence-corrected chi connectivity index (χ2v) is 9.17. The van der Waals surface area contributed by atoms with Gasteiger partial charge in [0.2, 0.25) is 0 Å². The van der Waals surface area contributed by atoms with Crippen LogP contribution < -0.4 is 16.5 Å². The number of aliphatic carboxylic acids is 1. The first-order valence-electron chi connectivity index (χ1n) is 8.68. The molecule has 4 N–H and O–H groups in total. The van der Waals surface area contributed by atoms with Crippen molar-refractivity contribution in [3.05, 3.63) is 0 Å². The summed E-state index contributed by atoms with van der Waals surface area (Å²) in [6.07, 6.45) is 8.75. The molecule has 3 fully saturated rings. The molecule has 6 nitrogen and oxygen atoms in total. The first kappa shape index (κ1) is 17.9. The smallest absolute Gasteiger partial charge is 0.306 e. The van der Waals surface area contributed by atoms with Gasteiger partial charge in [0.15, 0.2) is 0 Å². The molecule has 3 aliphatic rings. The zero-order valence-electron chi connectivity index (χ0n) is 13.3. The molecule has 0 aromatic heterocycles. The van der Waals surface area contributed by atoms with E-state index in [9.17, 15) is 4.79 Å². The molecule has 0 spiro atoms. The van der Waals surface area contributed by atoms with Gasteiger partial charge in [-0.2, -0.15) is 16.1 Å². The van der Waals surface area contributed by atoms with Crippen LogP contribution in [0.25, 0.3) is 0 Å². The van der Waals surface area contributed by atoms with E-state index in [0.29, 0.717) is 10.9 Å². The number of thioether (sulfide) groups is 1. The van der Waals surface area contributed by atoms with Crippen molar-refractivity contribution in [1.29, 1.82) is 0 Å². The van der Waals surface area contributed by atoms with Crippen LogP contribution in [-0.2, 0) is 4.79 Å². The molecule has 1 heterocycles. The fraction of sp³-hybridized carbons (Fsp3) is 0.933. The van der Waals surface area contributed by atoms with Crippen LogP contribution in [0.4, 0.5) is 0 Å². The monoisotopic (exact) mass is 406 g/mol. The number of carboxylic acids is 1. The highest BCUT2D eigenvalue weighted by Gasteiger charge is 2.36. The van der Waals surface area contributed by atoms with Crippen molar-refractivity contribution >= 4 is 33.7 Å². The van der Waals surface area contributed by atoms with E-state index in [1.165, 1.54) is 25.7 Å². The first-order valence-corrected chi connectivity index (χ1v) is 10.6. The minimum atomic E-state index is -0.638. The summed E-state index contributed by atoms with van der Waals surface area (Å²) in [5.41, 5.74) is 9.74. The molecule has 2 saturated carbocycles. The molecule has 0 aromatic rings. The molecule has 8 heteroatoms. The summed E-state index contributed by atoms with van der Waals surface area (Å²) >= 11 is 5.79. The van der Waals surface area contributed by atoms with Gasteiger partial charge in [-0.25, -0.2) is 5.43 Å². The maximum absolute atomic E-state index is 11.1. The molecule has 1 saturated heterocycles. The van der Waals surface area contributed by atoms with Crippen molar-refractivity contribution in [2.24, 2.45) is 11.8 Å². The lowest BCUT2D eigenvalue weighted by Crippen LogP contribution is -2.48. The zero-order valence-corrected chi connectivity index (χ0v) is 15.7. The van der Waals surface area contributed by atoms with Gasteiger partial charge in [-0.15, -0.1) is 11.8 Å². The average Bonchev–Trinajstić information content (AvgIpc) is 3.02. The molecule has 0 amide bonds. The normalized spacial score (nSPS) is 39.4. The van der Waals surface area contributed by atoms with Gasteiger partial charge in [-0.1, -0.05) is 28.8 Å². The van der Waals surface area contributed by atoms with Crippen molar-refractivity contribution in [2.45, 2.75) is 67.7 Å². The number of hydrogen-bond acceptors (Lipinski definition) is 6. The van der Waals surface area contributed by atoms with E-state index in [1.807, 2.05) is 11.8 Å². The standard InChI is InChI=1S/C15H27BrN4O2S/c16-13-4-2-1-3-11(13)9-23-15-17-18-19-20(15)12-7-5-10(6-8-12)14(21)22/h10-13,15,17-19H,1-9H2,(H,21,22). The fourth-order valence-corrected chi connectivity index (χ4v) is 6.24. The highest BCUT2D eigenvalue weighted by molar-refractivity contribution is 9.09. The summed E-state index contributed by atoms with van der Waals surface area (Å²) in [7, 11) is 0. The molecule has 23 heavy (non-hydrogen) atoms. The van der Waals surface area contributed by atoms with Gasteiger partial charge in [-0.05, 0) is 44.4 Å². The van der Waals surface area contributed by atoms with E-state index in [-0.39, 0.29) is 11.4 Å². The van der Waals surface area contributed by atoms with Crippen LogP contribution in [0, 0.1) is 11.8 Å². The molecule has 3 rings (SSSR count). The second-order valence-electron chi connectivity index (χ2n) is 6.88. The van der Waals surface area contributed by atoms with E-state index in [2.05, 4.69) is 37.4 Å². The van der Waals surface area contributed by atoms with E-state index in [1.54, 1.807) is 0 Å². The van der Waals surface area contributed by atoms with Crippen LogP contribution in [0.5, 0.6) is 0 Å². The van der Waals surface area contributed by atoms with E-state index in [4.69, 9.17) is 5.11 Å². The maximum atomic E-state index is 11.1. The number of alkyl halides is 1. The molecular weight excluding hydrogens is 380 g/mol. The predicted molar refractivity (Wildman–Crippen MR) is 95.5 cm³/mol. The molecule has 0 bridgehead atoms. The average molecular weight is 407 g/mol. The Balaban J connectivity index is 1.47. The quantitative estimate of drug-likeness (QED) is 0.522. The fourth-order valence-electron chi connectivity index (χ4n) is 3.86. The number of nitrogens with one attached hydrogen (secondary N) is 3. The summed E-state index contributed by atoms with van der Waals surface area (Å²) in [5.74, 6) is 1.11. The minimum absolute atomic E-state index is 0.155. The van der Waals surface area contributed by atoms with Gasteiger partial charge >= 0.3 is 5.97 Å². The van der Waals surface area contributed by atoms with Gasteiger partial charge in [0.05, 0.1) is 5.92 Å². The van der Waals surface area contributed by atoms with Crippen molar-refractivity contribution in [1.82, 2.24) is 21.5 Å². The third kappa shape index (κ3) is 4.61. The molecule has 2 aliphatic carbocycles. The Bertz CT molecular complexity index is 409. The maximum Gasteiger partial charge on any atom is 0.306 e. The summed E-state index contributed by atoms with van der Waals surface area (Å²) in [6, 6.07) is 0.400. The molecule has 0 aromatic carbocycles. The number of carbonyl (C=O) groups is 1. The molecule has 3 unspecified atom stereocenters. The largest absolute Gasteiger partial charge is 0.481 e. The van der Waals surface area contributed by atoms with E-state index in [0.717, 1.165) is 37.4 Å². The van der Waals surface area contributed by atoms with Crippen LogP contribution in [-0.4, -0.2) is 38.2 Å². The van der Waals surface area contributed by atoms with Crippen LogP contribution in [0.3, 0.4) is 0 Å². The van der Waals surface area contributed by atoms with Gasteiger partial charge in [0.25, 0.3) is 0 Å². The topological polar surface area (TPSA) is 76.6 Å². The van der Waals surface area contributed by atoms with Crippen LogP contribution >= 0.6 is 27.7 Å². The third-order valence-corrected chi connectivity index (χ3v) is 7.84.